The molecule has 172 valence electrons. The quantitative estimate of drug-likeness (QED) is 0.559. The van der Waals surface area contributed by atoms with Crippen molar-refractivity contribution in [2.75, 3.05) is 49.5 Å². The van der Waals surface area contributed by atoms with Crippen LogP contribution >= 0.6 is 11.3 Å². The Balaban J connectivity index is 1.21. The third-order valence-corrected chi connectivity index (χ3v) is 6.77. The summed E-state index contributed by atoms with van der Waals surface area (Å²) in [6.07, 6.45) is 0. The normalized spacial score (nSPS) is 14.2. The number of amides is 2. The lowest BCUT2D eigenvalue weighted by atomic mass is 10.1. The minimum Gasteiger partial charge on any atom is -0.369 e. The Labute approximate surface area is 197 Å². The zero-order valence-electron chi connectivity index (χ0n) is 18.9. The molecule has 0 atom stereocenters. The van der Waals surface area contributed by atoms with E-state index in [1.807, 2.05) is 18.2 Å². The molecular weight excluding hydrogens is 436 g/mol. The van der Waals surface area contributed by atoms with E-state index >= 15 is 0 Å². The van der Waals surface area contributed by atoms with Crippen molar-refractivity contribution in [2.45, 2.75) is 13.8 Å². The number of aromatic nitrogens is 2. The monoisotopic (exact) mass is 464 g/mol. The van der Waals surface area contributed by atoms with Crippen molar-refractivity contribution in [3.8, 4) is 0 Å². The Hall–Kier alpha value is -3.30. The van der Waals surface area contributed by atoms with Crippen LogP contribution in [-0.4, -0.2) is 66.2 Å². The number of carbonyl (C=O) groups excluding carboxylic acids is 2. The zero-order chi connectivity index (χ0) is 23.2. The standard InChI is InChI=1S/C24H28N6O2S/c1-17-7-6-10-20(18(17)2)30-15-13-29(14-16-30)12-11-25-21(31)23-27-28-24(33-23)22(32)26-19-8-4-3-5-9-19/h3-10H,11-16H2,1-2H3,(H,25,31)(H,26,32). The molecule has 9 heteroatoms. The summed E-state index contributed by atoms with van der Waals surface area (Å²) in [7, 11) is 0. The number of piperazine rings is 1. The van der Waals surface area contributed by atoms with Gasteiger partial charge in [-0.2, -0.15) is 0 Å². The molecule has 1 aromatic heterocycles. The van der Waals surface area contributed by atoms with Crippen molar-refractivity contribution in [1.29, 1.82) is 0 Å². The second kappa shape index (κ2) is 10.5. The van der Waals surface area contributed by atoms with Gasteiger partial charge in [-0.25, -0.2) is 0 Å². The maximum Gasteiger partial charge on any atom is 0.286 e. The molecule has 2 aromatic carbocycles. The molecule has 2 N–H and O–H groups in total. The molecule has 1 aliphatic rings. The number of aryl methyl sites for hydroxylation is 1. The summed E-state index contributed by atoms with van der Waals surface area (Å²) >= 11 is 0.988. The third-order valence-electron chi connectivity index (χ3n) is 5.85. The van der Waals surface area contributed by atoms with Crippen LogP contribution in [0.4, 0.5) is 11.4 Å². The van der Waals surface area contributed by atoms with E-state index in [0.29, 0.717) is 12.2 Å². The van der Waals surface area contributed by atoms with Gasteiger partial charge in [0.25, 0.3) is 11.8 Å². The number of benzene rings is 2. The van der Waals surface area contributed by atoms with Gasteiger partial charge in [0.15, 0.2) is 0 Å². The van der Waals surface area contributed by atoms with Gasteiger partial charge in [-0.15, -0.1) is 10.2 Å². The predicted molar refractivity (Wildman–Crippen MR) is 131 cm³/mol. The topological polar surface area (TPSA) is 90.5 Å². The van der Waals surface area contributed by atoms with Crippen molar-refractivity contribution >= 4 is 34.5 Å². The number of rotatable bonds is 7. The first-order valence-corrected chi connectivity index (χ1v) is 11.8. The van der Waals surface area contributed by atoms with Crippen LogP contribution in [0.15, 0.2) is 48.5 Å². The average molecular weight is 465 g/mol. The van der Waals surface area contributed by atoms with Crippen LogP contribution in [0.5, 0.6) is 0 Å². The first-order valence-electron chi connectivity index (χ1n) is 11.0. The van der Waals surface area contributed by atoms with Crippen LogP contribution in [-0.2, 0) is 0 Å². The highest BCUT2D eigenvalue weighted by molar-refractivity contribution is 7.15. The maximum atomic E-state index is 12.4. The number of carbonyl (C=O) groups is 2. The highest BCUT2D eigenvalue weighted by Gasteiger charge is 2.20. The van der Waals surface area contributed by atoms with Gasteiger partial charge in [-0.3, -0.25) is 14.5 Å². The molecule has 0 unspecified atom stereocenters. The largest absolute Gasteiger partial charge is 0.369 e. The Morgan fingerprint density at radius 1 is 0.909 bits per heavy atom. The van der Waals surface area contributed by atoms with Gasteiger partial charge < -0.3 is 15.5 Å². The highest BCUT2D eigenvalue weighted by Crippen LogP contribution is 2.23. The molecule has 4 rings (SSSR count). The van der Waals surface area contributed by atoms with Crippen LogP contribution in [0.2, 0.25) is 0 Å². The fraction of sp³-hybridized carbons (Fsp3) is 0.333. The van der Waals surface area contributed by atoms with Crippen molar-refractivity contribution in [3.05, 3.63) is 69.7 Å². The lowest BCUT2D eigenvalue weighted by molar-refractivity contribution is 0.0945. The number of para-hydroxylation sites is 1. The summed E-state index contributed by atoms with van der Waals surface area (Å²) in [5, 5.41) is 13.7. The molecule has 8 nitrogen and oxygen atoms in total. The van der Waals surface area contributed by atoms with Gasteiger partial charge in [0.05, 0.1) is 0 Å². The van der Waals surface area contributed by atoms with Crippen LogP contribution in [0, 0.1) is 13.8 Å². The molecule has 0 bridgehead atoms. The number of hydrogen-bond donors (Lipinski definition) is 2. The zero-order valence-corrected chi connectivity index (χ0v) is 19.7. The molecule has 2 heterocycles. The molecule has 1 fully saturated rings. The first kappa shape index (κ1) is 22.9. The molecule has 3 aromatic rings. The second-order valence-corrected chi connectivity index (χ2v) is 9.01. The highest BCUT2D eigenvalue weighted by atomic mass is 32.1. The minimum atomic E-state index is -0.375. The lowest BCUT2D eigenvalue weighted by Crippen LogP contribution is -2.48. The summed E-state index contributed by atoms with van der Waals surface area (Å²) in [6.45, 7) is 9.45. The molecular formula is C24H28N6O2S. The van der Waals surface area contributed by atoms with Crippen molar-refractivity contribution < 1.29 is 9.59 Å². The van der Waals surface area contributed by atoms with Crippen molar-refractivity contribution in [3.63, 3.8) is 0 Å². The Kier molecular flexibility index (Phi) is 7.31. The summed E-state index contributed by atoms with van der Waals surface area (Å²) in [6, 6.07) is 15.6. The van der Waals surface area contributed by atoms with Crippen LogP contribution in [0.3, 0.4) is 0 Å². The first-order chi connectivity index (χ1) is 16.0. The van der Waals surface area contributed by atoms with E-state index in [1.165, 1.54) is 16.8 Å². The van der Waals surface area contributed by atoms with E-state index in [4.69, 9.17) is 0 Å². The SMILES string of the molecule is Cc1cccc(N2CCN(CCNC(=O)c3nnc(C(=O)Nc4ccccc4)s3)CC2)c1C. The van der Waals surface area contributed by atoms with Crippen LogP contribution in [0.1, 0.15) is 30.7 Å². The Morgan fingerprint density at radius 3 is 2.33 bits per heavy atom. The van der Waals surface area contributed by atoms with Gasteiger partial charge >= 0.3 is 0 Å². The van der Waals surface area contributed by atoms with E-state index in [2.05, 4.69) is 62.7 Å². The van der Waals surface area contributed by atoms with E-state index in [-0.39, 0.29) is 21.8 Å². The molecule has 1 aliphatic heterocycles. The van der Waals surface area contributed by atoms with Gasteiger partial charge in [0.2, 0.25) is 10.0 Å². The smallest absolute Gasteiger partial charge is 0.286 e. The number of anilines is 2. The van der Waals surface area contributed by atoms with Gasteiger partial charge in [0.1, 0.15) is 0 Å². The molecule has 0 saturated carbocycles. The van der Waals surface area contributed by atoms with Crippen molar-refractivity contribution in [1.82, 2.24) is 20.4 Å². The van der Waals surface area contributed by atoms with E-state index in [1.54, 1.807) is 12.1 Å². The van der Waals surface area contributed by atoms with Crippen LogP contribution < -0.4 is 15.5 Å². The fourth-order valence-corrected chi connectivity index (χ4v) is 4.46. The molecule has 33 heavy (non-hydrogen) atoms. The Morgan fingerprint density at radius 2 is 1.61 bits per heavy atom. The number of nitrogens with one attached hydrogen (secondary N) is 2. The van der Waals surface area contributed by atoms with E-state index in [9.17, 15) is 9.59 Å². The number of hydrogen-bond acceptors (Lipinski definition) is 7. The number of nitrogens with zero attached hydrogens (tertiary/aromatic N) is 4. The van der Waals surface area contributed by atoms with Crippen LogP contribution in [0.25, 0.3) is 0 Å². The molecule has 0 spiro atoms. The summed E-state index contributed by atoms with van der Waals surface area (Å²) < 4.78 is 0. The Bertz CT molecular complexity index is 1110. The maximum absolute atomic E-state index is 12.4. The summed E-state index contributed by atoms with van der Waals surface area (Å²) in [4.78, 5) is 29.5. The molecule has 2 amide bonds. The van der Waals surface area contributed by atoms with Gasteiger partial charge in [0, 0.05) is 50.6 Å². The molecule has 0 aliphatic carbocycles. The average Bonchev–Trinajstić information content (AvgIpc) is 3.33. The van der Waals surface area contributed by atoms with Gasteiger partial charge in [-0.05, 0) is 43.2 Å². The fourth-order valence-electron chi connectivity index (χ4n) is 3.81. The summed E-state index contributed by atoms with van der Waals surface area (Å²) in [5.74, 6) is -0.681. The van der Waals surface area contributed by atoms with E-state index < -0.39 is 0 Å². The minimum absolute atomic E-state index is 0.159. The van der Waals surface area contributed by atoms with Gasteiger partial charge in [-0.1, -0.05) is 41.7 Å². The third kappa shape index (κ3) is 5.74. The molecule has 0 radical (unpaired) electrons. The molecule has 1 saturated heterocycles. The predicted octanol–water partition coefficient (Wildman–Crippen LogP) is 2.96. The summed E-state index contributed by atoms with van der Waals surface area (Å²) in [5.41, 5.74) is 4.63. The van der Waals surface area contributed by atoms with E-state index in [0.717, 1.165) is 44.1 Å². The second-order valence-electron chi connectivity index (χ2n) is 8.04. The van der Waals surface area contributed by atoms with Crippen molar-refractivity contribution in [2.24, 2.45) is 0 Å². The lowest BCUT2D eigenvalue weighted by Gasteiger charge is -2.37.